The van der Waals surface area contributed by atoms with Gasteiger partial charge in [-0.25, -0.2) is 8.42 Å². The van der Waals surface area contributed by atoms with E-state index in [1.807, 2.05) is 6.07 Å². The Hall–Kier alpha value is -1.47. The van der Waals surface area contributed by atoms with Crippen molar-refractivity contribution >= 4 is 27.1 Å². The van der Waals surface area contributed by atoms with Crippen molar-refractivity contribution in [3.8, 4) is 0 Å². The second-order valence-electron chi connectivity index (χ2n) is 4.29. The first-order chi connectivity index (χ1) is 8.44. The van der Waals surface area contributed by atoms with Crippen molar-refractivity contribution in [3.63, 3.8) is 0 Å². The highest BCUT2D eigenvalue weighted by Crippen LogP contribution is 2.25. The summed E-state index contributed by atoms with van der Waals surface area (Å²) in [6.07, 6.45) is 1.12. The molecule has 2 rings (SSSR count). The van der Waals surface area contributed by atoms with Crippen LogP contribution < -0.4 is 15.4 Å². The number of sulfonamides is 1. The van der Waals surface area contributed by atoms with E-state index >= 15 is 0 Å². The van der Waals surface area contributed by atoms with E-state index in [0.717, 1.165) is 25.0 Å². The van der Waals surface area contributed by atoms with Crippen LogP contribution in [0.4, 0.5) is 17.1 Å². The van der Waals surface area contributed by atoms with Gasteiger partial charge in [0.1, 0.15) is 0 Å². The van der Waals surface area contributed by atoms with Crippen molar-refractivity contribution in [1.29, 1.82) is 0 Å². The largest absolute Gasteiger partial charge is 0.399 e. The average Bonchev–Trinajstić information content (AvgIpc) is 2.27. The molecule has 0 unspecified atom stereocenters. The van der Waals surface area contributed by atoms with Gasteiger partial charge in [-0.05, 0) is 18.2 Å². The summed E-state index contributed by atoms with van der Waals surface area (Å²) in [6, 6.07) is 5.21. The molecule has 0 saturated carbocycles. The highest BCUT2D eigenvalue weighted by molar-refractivity contribution is 7.92. The van der Waals surface area contributed by atoms with E-state index in [-0.39, 0.29) is 0 Å². The number of nitrogens with one attached hydrogen (secondary N) is 1. The van der Waals surface area contributed by atoms with Crippen molar-refractivity contribution < 1.29 is 13.2 Å². The Kier molecular flexibility index (Phi) is 3.63. The topological polar surface area (TPSA) is 84.7 Å². The normalized spacial score (nSPS) is 16.6. The summed E-state index contributed by atoms with van der Waals surface area (Å²) in [5, 5.41) is 0. The van der Waals surface area contributed by atoms with Gasteiger partial charge in [0.15, 0.2) is 0 Å². The van der Waals surface area contributed by atoms with Crippen LogP contribution in [-0.4, -0.2) is 41.0 Å². The van der Waals surface area contributed by atoms with Crippen LogP contribution >= 0.6 is 0 Å². The van der Waals surface area contributed by atoms with Gasteiger partial charge in [-0.3, -0.25) is 4.72 Å². The molecule has 0 atom stereocenters. The number of rotatable bonds is 3. The maximum Gasteiger partial charge on any atom is 0.229 e. The fourth-order valence-corrected chi connectivity index (χ4v) is 2.46. The predicted molar refractivity (Wildman–Crippen MR) is 72.4 cm³/mol. The van der Waals surface area contributed by atoms with Crippen LogP contribution in [0.15, 0.2) is 18.2 Å². The molecule has 1 aliphatic heterocycles. The van der Waals surface area contributed by atoms with E-state index in [1.54, 1.807) is 12.1 Å². The van der Waals surface area contributed by atoms with Crippen LogP contribution in [0.5, 0.6) is 0 Å². The van der Waals surface area contributed by atoms with Crippen molar-refractivity contribution in [2.75, 3.05) is 47.9 Å². The van der Waals surface area contributed by atoms with Gasteiger partial charge in [-0.1, -0.05) is 0 Å². The molecule has 1 heterocycles. The number of nitrogen functional groups attached to an aromatic ring is 1. The Balaban J connectivity index is 2.25. The number of benzene rings is 1. The summed E-state index contributed by atoms with van der Waals surface area (Å²) in [5.41, 5.74) is 7.72. The summed E-state index contributed by atoms with van der Waals surface area (Å²) in [5.74, 6) is 0. The molecule has 1 aromatic rings. The average molecular weight is 271 g/mol. The van der Waals surface area contributed by atoms with Crippen LogP contribution in [0.3, 0.4) is 0 Å². The Morgan fingerprint density at radius 2 is 1.94 bits per heavy atom. The van der Waals surface area contributed by atoms with Crippen molar-refractivity contribution in [3.05, 3.63) is 18.2 Å². The highest BCUT2D eigenvalue weighted by Gasteiger charge is 2.13. The zero-order valence-corrected chi connectivity index (χ0v) is 11.0. The van der Waals surface area contributed by atoms with Gasteiger partial charge in [0.25, 0.3) is 0 Å². The maximum atomic E-state index is 11.2. The van der Waals surface area contributed by atoms with E-state index in [4.69, 9.17) is 10.5 Å². The molecule has 0 amide bonds. The minimum Gasteiger partial charge on any atom is -0.399 e. The standard InChI is InChI=1S/C11H17N3O3S/c1-18(15,16)13-10-6-9(12)7-11(8-10)14-2-4-17-5-3-14/h6-8,13H,2-5,12H2,1H3. The zero-order valence-electron chi connectivity index (χ0n) is 10.2. The van der Waals surface area contributed by atoms with Gasteiger partial charge < -0.3 is 15.4 Å². The van der Waals surface area contributed by atoms with Crippen LogP contribution in [0.1, 0.15) is 0 Å². The van der Waals surface area contributed by atoms with Gasteiger partial charge in [0.05, 0.1) is 25.2 Å². The lowest BCUT2D eigenvalue weighted by Crippen LogP contribution is -2.36. The molecule has 6 nitrogen and oxygen atoms in total. The molecule has 1 aromatic carbocycles. The number of hydrogen-bond acceptors (Lipinski definition) is 5. The molecule has 18 heavy (non-hydrogen) atoms. The predicted octanol–water partition coefficient (Wildman–Crippen LogP) is 0.477. The molecule has 0 radical (unpaired) electrons. The number of nitrogens with zero attached hydrogens (tertiary/aromatic N) is 1. The summed E-state index contributed by atoms with van der Waals surface area (Å²) >= 11 is 0. The lowest BCUT2D eigenvalue weighted by atomic mass is 10.2. The molecule has 0 aromatic heterocycles. The smallest absolute Gasteiger partial charge is 0.229 e. The van der Waals surface area contributed by atoms with Crippen molar-refractivity contribution in [2.24, 2.45) is 0 Å². The van der Waals surface area contributed by atoms with E-state index < -0.39 is 10.0 Å². The first-order valence-electron chi connectivity index (χ1n) is 5.65. The highest BCUT2D eigenvalue weighted by atomic mass is 32.2. The minimum absolute atomic E-state index is 0.485. The van der Waals surface area contributed by atoms with Crippen molar-refractivity contribution in [2.45, 2.75) is 0 Å². The molecule has 1 aliphatic rings. The number of morpholine rings is 1. The second-order valence-corrected chi connectivity index (χ2v) is 6.04. The fourth-order valence-electron chi connectivity index (χ4n) is 1.91. The third kappa shape index (κ3) is 3.51. The summed E-state index contributed by atoms with van der Waals surface area (Å²) in [4.78, 5) is 2.12. The summed E-state index contributed by atoms with van der Waals surface area (Å²) < 4.78 is 30.1. The van der Waals surface area contributed by atoms with Crippen LogP contribution in [0.2, 0.25) is 0 Å². The van der Waals surface area contributed by atoms with Crippen molar-refractivity contribution in [1.82, 2.24) is 0 Å². The van der Waals surface area contributed by atoms with Gasteiger partial charge in [0.2, 0.25) is 10.0 Å². The maximum absolute atomic E-state index is 11.2. The van der Waals surface area contributed by atoms with Gasteiger partial charge in [-0.2, -0.15) is 0 Å². The molecular formula is C11H17N3O3S. The molecule has 100 valence electrons. The third-order valence-electron chi connectivity index (χ3n) is 2.62. The quantitative estimate of drug-likeness (QED) is 0.781. The Bertz CT molecular complexity index is 524. The molecule has 0 bridgehead atoms. The molecular weight excluding hydrogens is 254 g/mol. The fraction of sp³-hybridized carbons (Fsp3) is 0.455. The molecule has 1 fully saturated rings. The Morgan fingerprint density at radius 1 is 1.28 bits per heavy atom. The van der Waals surface area contributed by atoms with E-state index in [0.29, 0.717) is 24.6 Å². The lowest BCUT2D eigenvalue weighted by Gasteiger charge is -2.29. The number of ether oxygens (including phenoxy) is 1. The number of nitrogens with two attached hydrogens (primary N) is 1. The SMILES string of the molecule is CS(=O)(=O)Nc1cc(N)cc(N2CCOCC2)c1. The van der Waals surface area contributed by atoms with E-state index in [2.05, 4.69) is 9.62 Å². The molecule has 7 heteroatoms. The van der Waals surface area contributed by atoms with E-state index in [1.165, 1.54) is 0 Å². The van der Waals surface area contributed by atoms with Crippen LogP contribution in [0.25, 0.3) is 0 Å². The first-order valence-corrected chi connectivity index (χ1v) is 7.54. The molecule has 1 saturated heterocycles. The number of hydrogen-bond donors (Lipinski definition) is 2. The second kappa shape index (κ2) is 5.03. The molecule has 0 spiro atoms. The first kappa shape index (κ1) is 13.0. The summed E-state index contributed by atoms with van der Waals surface area (Å²) in [7, 11) is -3.29. The molecule has 3 N–H and O–H groups in total. The minimum atomic E-state index is -3.29. The molecule has 0 aliphatic carbocycles. The third-order valence-corrected chi connectivity index (χ3v) is 3.23. The van der Waals surface area contributed by atoms with Gasteiger partial charge in [0, 0.05) is 24.5 Å². The van der Waals surface area contributed by atoms with Crippen LogP contribution in [-0.2, 0) is 14.8 Å². The Labute approximate surface area is 107 Å². The monoisotopic (exact) mass is 271 g/mol. The zero-order chi connectivity index (χ0) is 13.2. The summed E-state index contributed by atoms with van der Waals surface area (Å²) in [6.45, 7) is 2.90. The van der Waals surface area contributed by atoms with Gasteiger partial charge >= 0.3 is 0 Å². The number of anilines is 3. The van der Waals surface area contributed by atoms with Crippen LogP contribution in [0, 0.1) is 0 Å². The lowest BCUT2D eigenvalue weighted by molar-refractivity contribution is 0.122. The van der Waals surface area contributed by atoms with Gasteiger partial charge in [-0.15, -0.1) is 0 Å². The van der Waals surface area contributed by atoms with E-state index in [9.17, 15) is 8.42 Å². The Morgan fingerprint density at radius 3 is 2.56 bits per heavy atom.